The predicted molar refractivity (Wildman–Crippen MR) is 166 cm³/mol. The molecule has 10 heteroatoms. The number of carbonyl (C=O) groups excluding carboxylic acids is 2. The van der Waals surface area contributed by atoms with E-state index in [-0.39, 0.29) is 18.4 Å². The van der Waals surface area contributed by atoms with Crippen LogP contribution >= 0.6 is 0 Å². The first-order valence-electron chi connectivity index (χ1n) is 14.3. The first-order chi connectivity index (χ1) is 20.7. The average Bonchev–Trinajstić information content (AvgIpc) is 3.65. The highest BCUT2D eigenvalue weighted by Gasteiger charge is 2.46. The fourth-order valence-corrected chi connectivity index (χ4v) is 5.75. The van der Waals surface area contributed by atoms with Crippen molar-refractivity contribution in [2.75, 3.05) is 39.6 Å². The Kier molecular flexibility index (Phi) is 7.31. The van der Waals surface area contributed by atoms with E-state index in [2.05, 4.69) is 10.3 Å². The smallest absolute Gasteiger partial charge is 0.263 e. The Hall–Kier alpha value is -4.83. The minimum absolute atomic E-state index is 0.248. The van der Waals surface area contributed by atoms with Crippen LogP contribution in [0.2, 0.25) is 0 Å². The van der Waals surface area contributed by atoms with Crippen LogP contribution in [0.25, 0.3) is 33.6 Å². The molecule has 0 fully saturated rings. The van der Waals surface area contributed by atoms with Crippen LogP contribution in [0, 0.1) is 0 Å². The summed E-state index contributed by atoms with van der Waals surface area (Å²) >= 11 is 0. The topological polar surface area (TPSA) is 136 Å². The minimum atomic E-state index is -0.953. The lowest BCUT2D eigenvalue weighted by molar-refractivity contribution is -0.134. The molecule has 1 aliphatic rings. The fourth-order valence-electron chi connectivity index (χ4n) is 5.75. The van der Waals surface area contributed by atoms with E-state index < -0.39 is 5.41 Å². The fraction of sp³-hybridized carbons (Fsp3) is 0.303. The monoisotopic (exact) mass is 581 g/mol. The molecule has 0 saturated heterocycles. The molecule has 0 unspecified atom stereocenters. The first kappa shape index (κ1) is 28.3. The van der Waals surface area contributed by atoms with Crippen molar-refractivity contribution in [1.82, 2.24) is 20.2 Å². The number of fused-ring (bicyclic) bond motifs is 4. The number of nitrogens with two attached hydrogens (primary N) is 1. The molecule has 4 N–H and O–H groups in total. The van der Waals surface area contributed by atoms with Crippen molar-refractivity contribution in [2.45, 2.75) is 32.1 Å². The van der Waals surface area contributed by atoms with E-state index in [1.165, 1.54) is 4.90 Å². The molecule has 3 heterocycles. The third-order valence-electron chi connectivity index (χ3n) is 8.14. The van der Waals surface area contributed by atoms with E-state index in [1.54, 1.807) is 20.3 Å². The maximum atomic E-state index is 13.9. The summed E-state index contributed by atoms with van der Waals surface area (Å²) in [6.45, 7) is 5.33. The molecule has 0 saturated carbocycles. The first-order valence-corrected chi connectivity index (χ1v) is 14.3. The molecular weight excluding hydrogens is 546 g/mol. The summed E-state index contributed by atoms with van der Waals surface area (Å²) in [5.74, 6) is 1.79. The van der Waals surface area contributed by atoms with Gasteiger partial charge in [-0.1, -0.05) is 24.3 Å². The van der Waals surface area contributed by atoms with Crippen molar-refractivity contribution in [3.63, 3.8) is 0 Å². The number of nitrogen functional groups attached to an aromatic ring is 1. The van der Waals surface area contributed by atoms with Crippen molar-refractivity contribution in [3.05, 3.63) is 71.3 Å². The zero-order chi connectivity index (χ0) is 30.3. The molecule has 0 aliphatic carbocycles. The summed E-state index contributed by atoms with van der Waals surface area (Å²) in [7, 11) is 3.23. The van der Waals surface area contributed by atoms with Gasteiger partial charge in [0.05, 0.1) is 36.4 Å². The van der Waals surface area contributed by atoms with Gasteiger partial charge in [0.25, 0.3) is 5.91 Å². The van der Waals surface area contributed by atoms with Gasteiger partial charge in [0, 0.05) is 11.9 Å². The third kappa shape index (κ3) is 4.97. The largest absolute Gasteiger partial charge is 0.493 e. The highest BCUT2D eigenvalue weighted by atomic mass is 16.5. The molecular formula is C33H35N5O5. The second-order valence-electron chi connectivity index (χ2n) is 11.3. The summed E-state index contributed by atoms with van der Waals surface area (Å²) in [6.07, 6.45) is 1.41. The van der Waals surface area contributed by atoms with Gasteiger partial charge >= 0.3 is 0 Å². The van der Waals surface area contributed by atoms with E-state index in [1.807, 2.05) is 62.4 Å². The molecule has 0 bridgehead atoms. The molecule has 2 amide bonds. The number of para-hydroxylation sites is 1. The van der Waals surface area contributed by atoms with Gasteiger partial charge in [-0.3, -0.25) is 14.5 Å². The molecule has 0 spiro atoms. The van der Waals surface area contributed by atoms with Gasteiger partial charge in [-0.05, 0) is 81.2 Å². The van der Waals surface area contributed by atoms with Crippen LogP contribution in [-0.2, 0) is 16.6 Å². The second-order valence-corrected chi connectivity index (χ2v) is 11.3. The summed E-state index contributed by atoms with van der Waals surface area (Å²) in [5, 5.41) is 4.36. The van der Waals surface area contributed by atoms with Crippen LogP contribution in [0.4, 0.5) is 5.69 Å². The Morgan fingerprint density at radius 1 is 1.02 bits per heavy atom. The number of hydrogen-bond acceptors (Lipinski definition) is 8. The number of furan rings is 1. The Balaban J connectivity index is 1.19. The van der Waals surface area contributed by atoms with Crippen LogP contribution in [0.15, 0.2) is 59.0 Å². The summed E-state index contributed by atoms with van der Waals surface area (Å²) in [6, 6.07) is 17.2. The number of imidazole rings is 1. The molecule has 10 nitrogen and oxygen atoms in total. The SMILES string of the molecule is COc1ccc(CCNCCCN2C(=O)c3c(cc(N)c4[nH]c(-c5cc6ccccc6o5)nc34)C(C)(C)C2=O)cc1OC. The van der Waals surface area contributed by atoms with Crippen LogP contribution in [0.5, 0.6) is 11.5 Å². The molecule has 43 heavy (non-hydrogen) atoms. The number of rotatable bonds is 10. The predicted octanol–water partition coefficient (Wildman–Crippen LogP) is 5.06. The van der Waals surface area contributed by atoms with Crippen LogP contribution < -0.4 is 20.5 Å². The number of carbonyl (C=O) groups is 2. The highest BCUT2D eigenvalue weighted by Crippen LogP contribution is 2.41. The number of imide groups is 1. The number of ether oxygens (including phenoxy) is 2. The molecule has 2 aromatic heterocycles. The zero-order valence-electron chi connectivity index (χ0n) is 24.7. The Bertz CT molecular complexity index is 1820. The van der Waals surface area contributed by atoms with E-state index in [0.717, 1.165) is 29.5 Å². The second kappa shape index (κ2) is 11.1. The van der Waals surface area contributed by atoms with E-state index in [4.69, 9.17) is 24.6 Å². The highest BCUT2D eigenvalue weighted by molar-refractivity contribution is 6.19. The van der Waals surface area contributed by atoms with Crippen molar-refractivity contribution in [2.24, 2.45) is 0 Å². The number of nitrogens with zero attached hydrogens (tertiary/aromatic N) is 2. The Morgan fingerprint density at radius 3 is 2.58 bits per heavy atom. The van der Waals surface area contributed by atoms with Gasteiger partial charge in [0.1, 0.15) is 11.1 Å². The normalized spacial score (nSPS) is 14.5. The summed E-state index contributed by atoms with van der Waals surface area (Å²) in [4.78, 5) is 36.9. The van der Waals surface area contributed by atoms with Crippen LogP contribution in [-0.4, -0.2) is 60.5 Å². The van der Waals surface area contributed by atoms with Crippen LogP contribution in [0.1, 0.15) is 41.8 Å². The van der Waals surface area contributed by atoms with Crippen molar-refractivity contribution < 1.29 is 23.5 Å². The van der Waals surface area contributed by atoms with Crippen molar-refractivity contribution in [3.8, 4) is 23.1 Å². The van der Waals surface area contributed by atoms with Gasteiger partial charge in [-0.2, -0.15) is 0 Å². The molecule has 3 aromatic carbocycles. The summed E-state index contributed by atoms with van der Waals surface area (Å²) < 4.78 is 16.7. The Labute approximate surface area is 249 Å². The quantitative estimate of drug-likeness (QED) is 0.118. The minimum Gasteiger partial charge on any atom is -0.493 e. The number of hydrogen-bond donors (Lipinski definition) is 3. The maximum Gasteiger partial charge on any atom is 0.263 e. The van der Waals surface area contributed by atoms with Crippen molar-refractivity contribution >= 4 is 39.5 Å². The molecule has 222 valence electrons. The Morgan fingerprint density at radius 2 is 1.81 bits per heavy atom. The summed E-state index contributed by atoms with van der Waals surface area (Å²) in [5.41, 5.74) is 9.72. The van der Waals surface area contributed by atoms with Gasteiger partial charge in [0.2, 0.25) is 5.91 Å². The lowest BCUT2D eigenvalue weighted by Crippen LogP contribution is -2.52. The molecule has 0 atom stereocenters. The van der Waals surface area contributed by atoms with Gasteiger partial charge < -0.3 is 29.9 Å². The number of aromatic amines is 1. The van der Waals surface area contributed by atoms with Crippen LogP contribution in [0.3, 0.4) is 0 Å². The third-order valence-corrected chi connectivity index (χ3v) is 8.14. The molecule has 0 radical (unpaired) electrons. The number of anilines is 1. The van der Waals surface area contributed by atoms with Gasteiger partial charge in [-0.25, -0.2) is 4.98 Å². The number of nitrogens with one attached hydrogen (secondary N) is 2. The molecule has 6 rings (SSSR count). The number of benzene rings is 3. The molecule has 5 aromatic rings. The van der Waals surface area contributed by atoms with Crippen molar-refractivity contribution in [1.29, 1.82) is 0 Å². The number of methoxy groups -OCH3 is 2. The average molecular weight is 582 g/mol. The number of aromatic nitrogens is 2. The lowest BCUT2D eigenvalue weighted by Gasteiger charge is -2.37. The maximum absolute atomic E-state index is 13.9. The number of amides is 2. The zero-order valence-corrected chi connectivity index (χ0v) is 24.7. The molecule has 1 aliphatic heterocycles. The van der Waals surface area contributed by atoms with E-state index in [9.17, 15) is 9.59 Å². The standard InChI is InChI=1S/C33H35N5O5/c1-33(2)21-18-22(34)28-29(37-30(36-28)26-17-20-8-5-6-9-23(20)43-26)27(21)31(39)38(32(33)40)15-7-13-35-14-12-19-10-11-24(41-3)25(16-19)42-4/h5-6,8-11,16-18,35H,7,12-15,34H2,1-4H3,(H,36,37). The lowest BCUT2D eigenvalue weighted by atomic mass is 9.76. The van der Waals surface area contributed by atoms with E-state index in [0.29, 0.717) is 63.9 Å². The van der Waals surface area contributed by atoms with Gasteiger partial charge in [0.15, 0.2) is 23.1 Å². The van der Waals surface area contributed by atoms with Gasteiger partial charge in [-0.15, -0.1) is 0 Å². The van der Waals surface area contributed by atoms with E-state index >= 15 is 0 Å². The number of H-pyrrole nitrogens is 1.